The summed E-state index contributed by atoms with van der Waals surface area (Å²) >= 11 is 0. The molecule has 1 N–H and O–H groups in total. The Labute approximate surface area is 121 Å². The van der Waals surface area contributed by atoms with Crippen LogP contribution in [0.3, 0.4) is 0 Å². The Balaban J connectivity index is 2.21. The lowest BCUT2D eigenvalue weighted by Crippen LogP contribution is -2.05. The summed E-state index contributed by atoms with van der Waals surface area (Å²) in [5.74, 6) is -0.381. The van der Waals surface area contributed by atoms with E-state index in [1.165, 1.54) is 18.2 Å². The van der Waals surface area contributed by atoms with Gasteiger partial charge >= 0.3 is 0 Å². The van der Waals surface area contributed by atoms with Crippen LogP contribution < -0.4 is 10.2 Å². The molecule has 1 aromatic heterocycles. The molecule has 3 rings (SSSR count). The van der Waals surface area contributed by atoms with Gasteiger partial charge in [0, 0.05) is 23.2 Å². The molecule has 3 nitrogen and oxygen atoms in total. The first-order chi connectivity index (χ1) is 10.2. The first kappa shape index (κ1) is 13.4. The molecule has 0 radical (unpaired) electrons. The van der Waals surface area contributed by atoms with E-state index in [0.29, 0.717) is 23.2 Å². The van der Waals surface area contributed by atoms with Gasteiger partial charge in [0.2, 0.25) is 0 Å². The van der Waals surface area contributed by atoms with E-state index in [1.54, 1.807) is 6.92 Å². The van der Waals surface area contributed by atoms with Crippen LogP contribution in [0.25, 0.3) is 22.2 Å². The minimum atomic E-state index is -0.481. The van der Waals surface area contributed by atoms with Crippen molar-refractivity contribution < 1.29 is 9.13 Å². The predicted molar refractivity (Wildman–Crippen MR) is 81.1 cm³/mol. The molecule has 1 heterocycles. The third-order valence-corrected chi connectivity index (χ3v) is 3.27. The average molecular weight is 283 g/mol. The molecule has 0 saturated carbocycles. The number of benzene rings is 2. The van der Waals surface area contributed by atoms with Crippen molar-refractivity contribution in [3.8, 4) is 17.0 Å². The zero-order valence-corrected chi connectivity index (χ0v) is 11.5. The van der Waals surface area contributed by atoms with Crippen molar-refractivity contribution in [1.82, 2.24) is 4.98 Å². The standard InChI is InChI=1S/C17H14FNO2/c1-2-21-17-8-12-15(9-13(17)18)19-14(10-16(12)20)11-6-4-3-5-7-11/h3-10H,2H2,1H3,(H,19,20). The van der Waals surface area contributed by atoms with E-state index >= 15 is 0 Å². The average Bonchev–Trinajstić information content (AvgIpc) is 2.49. The molecule has 0 aliphatic heterocycles. The summed E-state index contributed by atoms with van der Waals surface area (Å²) in [4.78, 5) is 15.3. The van der Waals surface area contributed by atoms with Crippen LogP contribution in [0.5, 0.6) is 5.75 Å². The van der Waals surface area contributed by atoms with Crippen molar-refractivity contribution in [1.29, 1.82) is 0 Å². The number of aromatic amines is 1. The second-order valence-electron chi connectivity index (χ2n) is 4.67. The van der Waals surface area contributed by atoms with Crippen molar-refractivity contribution in [2.24, 2.45) is 0 Å². The van der Waals surface area contributed by atoms with E-state index in [9.17, 15) is 9.18 Å². The number of halogens is 1. The van der Waals surface area contributed by atoms with Crippen LogP contribution in [0.15, 0.2) is 53.3 Å². The summed E-state index contributed by atoms with van der Waals surface area (Å²) in [5, 5.41) is 0.416. The summed E-state index contributed by atoms with van der Waals surface area (Å²) in [6.45, 7) is 2.12. The summed E-state index contributed by atoms with van der Waals surface area (Å²) in [6.07, 6.45) is 0. The zero-order valence-electron chi connectivity index (χ0n) is 11.5. The van der Waals surface area contributed by atoms with Gasteiger partial charge in [0.15, 0.2) is 17.0 Å². The van der Waals surface area contributed by atoms with Crippen molar-refractivity contribution in [2.45, 2.75) is 6.92 Å². The summed E-state index contributed by atoms with van der Waals surface area (Å²) in [6, 6.07) is 13.7. The molecule has 21 heavy (non-hydrogen) atoms. The minimum Gasteiger partial charge on any atom is -0.491 e. The van der Waals surface area contributed by atoms with Gasteiger partial charge in [0.25, 0.3) is 0 Å². The summed E-state index contributed by atoms with van der Waals surface area (Å²) < 4.78 is 19.1. The van der Waals surface area contributed by atoms with E-state index in [-0.39, 0.29) is 11.2 Å². The highest BCUT2D eigenvalue weighted by Crippen LogP contribution is 2.24. The Morgan fingerprint density at radius 3 is 2.62 bits per heavy atom. The number of rotatable bonds is 3. The Hall–Kier alpha value is -2.62. The Kier molecular flexibility index (Phi) is 3.44. The predicted octanol–water partition coefficient (Wildman–Crippen LogP) is 3.73. The lowest BCUT2D eigenvalue weighted by molar-refractivity contribution is 0.322. The van der Waals surface area contributed by atoms with Crippen LogP contribution in [0.4, 0.5) is 4.39 Å². The van der Waals surface area contributed by atoms with Crippen molar-refractivity contribution in [2.75, 3.05) is 6.61 Å². The van der Waals surface area contributed by atoms with Crippen LogP contribution in [0, 0.1) is 5.82 Å². The van der Waals surface area contributed by atoms with E-state index in [2.05, 4.69) is 4.98 Å². The van der Waals surface area contributed by atoms with E-state index in [0.717, 1.165) is 5.56 Å². The molecule has 3 aromatic rings. The first-order valence-electron chi connectivity index (χ1n) is 6.74. The van der Waals surface area contributed by atoms with Crippen LogP contribution >= 0.6 is 0 Å². The monoisotopic (exact) mass is 283 g/mol. The highest BCUT2D eigenvalue weighted by molar-refractivity contribution is 5.83. The fourth-order valence-corrected chi connectivity index (χ4v) is 2.29. The molecule has 0 atom stereocenters. The molecular weight excluding hydrogens is 269 g/mol. The molecular formula is C17H14FNO2. The van der Waals surface area contributed by atoms with Gasteiger partial charge in [-0.1, -0.05) is 30.3 Å². The number of aromatic nitrogens is 1. The van der Waals surface area contributed by atoms with Crippen molar-refractivity contribution >= 4 is 10.9 Å². The molecule has 0 bridgehead atoms. The zero-order chi connectivity index (χ0) is 14.8. The van der Waals surface area contributed by atoms with E-state index in [4.69, 9.17) is 4.74 Å². The Morgan fingerprint density at radius 2 is 1.90 bits per heavy atom. The molecule has 0 aliphatic rings. The molecule has 2 aromatic carbocycles. The normalized spacial score (nSPS) is 10.8. The quantitative estimate of drug-likeness (QED) is 0.795. The second-order valence-corrected chi connectivity index (χ2v) is 4.67. The Bertz CT molecular complexity index is 841. The molecule has 106 valence electrons. The second kappa shape index (κ2) is 5.40. The third kappa shape index (κ3) is 2.52. The molecule has 0 aliphatic carbocycles. The van der Waals surface area contributed by atoms with Gasteiger partial charge in [0.05, 0.1) is 12.1 Å². The smallest absolute Gasteiger partial charge is 0.190 e. The van der Waals surface area contributed by atoms with E-state index in [1.807, 2.05) is 30.3 Å². The van der Waals surface area contributed by atoms with Gasteiger partial charge in [-0.2, -0.15) is 0 Å². The highest BCUT2D eigenvalue weighted by atomic mass is 19.1. The van der Waals surface area contributed by atoms with Crippen molar-refractivity contribution in [3.63, 3.8) is 0 Å². The molecule has 0 unspecified atom stereocenters. The topological polar surface area (TPSA) is 42.1 Å². The number of pyridine rings is 1. The lowest BCUT2D eigenvalue weighted by Gasteiger charge is -2.08. The maximum absolute atomic E-state index is 13.9. The molecule has 0 saturated heterocycles. The Morgan fingerprint density at radius 1 is 1.14 bits per heavy atom. The van der Waals surface area contributed by atoms with Crippen molar-refractivity contribution in [3.05, 3.63) is 64.6 Å². The summed E-state index contributed by atoms with van der Waals surface area (Å²) in [5.41, 5.74) is 1.84. The van der Waals surface area contributed by atoms with Gasteiger partial charge in [0.1, 0.15) is 0 Å². The van der Waals surface area contributed by atoms with Gasteiger partial charge < -0.3 is 9.72 Å². The SMILES string of the molecule is CCOc1cc2c(=O)cc(-c3ccccc3)[nH]c2cc1F. The molecule has 0 spiro atoms. The maximum atomic E-state index is 13.9. The highest BCUT2D eigenvalue weighted by Gasteiger charge is 2.10. The first-order valence-corrected chi connectivity index (χ1v) is 6.74. The van der Waals surface area contributed by atoms with Gasteiger partial charge in [-0.15, -0.1) is 0 Å². The maximum Gasteiger partial charge on any atom is 0.190 e. The number of nitrogens with one attached hydrogen (secondary N) is 1. The molecule has 0 amide bonds. The largest absolute Gasteiger partial charge is 0.491 e. The van der Waals surface area contributed by atoms with Crippen LogP contribution in [-0.4, -0.2) is 11.6 Å². The lowest BCUT2D eigenvalue weighted by atomic mass is 10.1. The third-order valence-electron chi connectivity index (χ3n) is 3.27. The minimum absolute atomic E-state index is 0.1000. The van der Waals surface area contributed by atoms with Gasteiger partial charge in [-0.3, -0.25) is 4.79 Å². The number of hydrogen-bond donors (Lipinski definition) is 1. The summed E-state index contributed by atoms with van der Waals surface area (Å²) in [7, 11) is 0. The molecule has 4 heteroatoms. The van der Waals surface area contributed by atoms with E-state index < -0.39 is 5.82 Å². The van der Waals surface area contributed by atoms with Crippen LogP contribution in [0.2, 0.25) is 0 Å². The van der Waals surface area contributed by atoms with Crippen LogP contribution in [0.1, 0.15) is 6.92 Å². The number of H-pyrrole nitrogens is 1. The van der Waals surface area contributed by atoms with Gasteiger partial charge in [-0.05, 0) is 18.6 Å². The number of fused-ring (bicyclic) bond motifs is 1. The fraction of sp³-hybridized carbons (Fsp3) is 0.118. The van der Waals surface area contributed by atoms with Crippen LogP contribution in [-0.2, 0) is 0 Å². The number of ether oxygens (including phenoxy) is 1. The molecule has 0 fully saturated rings. The number of hydrogen-bond acceptors (Lipinski definition) is 2. The fourth-order valence-electron chi connectivity index (χ4n) is 2.29. The van der Waals surface area contributed by atoms with Gasteiger partial charge in [-0.25, -0.2) is 4.39 Å².